The van der Waals surface area contributed by atoms with Gasteiger partial charge in [0.15, 0.2) is 0 Å². The van der Waals surface area contributed by atoms with Crippen molar-refractivity contribution in [1.82, 2.24) is 0 Å². The van der Waals surface area contributed by atoms with E-state index in [1.54, 1.807) is 6.92 Å². The fourth-order valence-corrected chi connectivity index (χ4v) is 0.375. The summed E-state index contributed by atoms with van der Waals surface area (Å²) in [6, 6.07) is 0. The van der Waals surface area contributed by atoms with Crippen LogP contribution in [0, 0.1) is 0 Å². The topological polar surface area (TPSA) is 26.3 Å². The van der Waals surface area contributed by atoms with E-state index in [1.807, 2.05) is 6.92 Å². The third kappa shape index (κ3) is 3.51. The van der Waals surface area contributed by atoms with Crippen molar-refractivity contribution in [2.45, 2.75) is 26.4 Å². The first kappa shape index (κ1) is 9.50. The zero-order valence-corrected chi connectivity index (χ0v) is 6.94. The lowest BCUT2D eigenvalue weighted by molar-refractivity contribution is -0.142. The first-order chi connectivity index (χ1) is 4.57. The highest BCUT2D eigenvalue weighted by atomic mass is 35.5. The van der Waals surface area contributed by atoms with Gasteiger partial charge < -0.3 is 4.74 Å². The molecule has 0 aromatic heterocycles. The molecule has 0 fully saturated rings. The molecular formula is C7H11ClO2. The first-order valence-electron chi connectivity index (χ1n) is 3.13. The molecular weight excluding hydrogens is 152 g/mol. The quantitative estimate of drug-likeness (QED) is 0.469. The summed E-state index contributed by atoms with van der Waals surface area (Å²) in [7, 11) is 0. The molecule has 0 saturated heterocycles. The van der Waals surface area contributed by atoms with Crippen molar-refractivity contribution in [2.75, 3.05) is 0 Å². The van der Waals surface area contributed by atoms with Gasteiger partial charge in [0.25, 0.3) is 0 Å². The normalized spacial score (nSPS) is 12.3. The molecule has 0 amide bonds. The van der Waals surface area contributed by atoms with E-state index in [4.69, 9.17) is 16.3 Å². The third-order valence-corrected chi connectivity index (χ3v) is 1.26. The summed E-state index contributed by atoms with van der Waals surface area (Å²) < 4.78 is 4.79. The lowest BCUT2D eigenvalue weighted by atomic mass is 10.3. The van der Waals surface area contributed by atoms with Gasteiger partial charge in [-0.25, -0.2) is 4.79 Å². The Morgan fingerprint density at radius 3 is 2.60 bits per heavy atom. The van der Waals surface area contributed by atoms with Gasteiger partial charge in [-0.15, -0.1) is 0 Å². The smallest absolute Gasteiger partial charge is 0.349 e. The molecule has 0 aromatic rings. The molecule has 0 unspecified atom stereocenters. The van der Waals surface area contributed by atoms with E-state index < -0.39 is 5.97 Å². The van der Waals surface area contributed by atoms with Crippen molar-refractivity contribution in [3.8, 4) is 0 Å². The maximum atomic E-state index is 10.7. The van der Waals surface area contributed by atoms with Crippen molar-refractivity contribution < 1.29 is 9.53 Å². The molecule has 2 nitrogen and oxygen atoms in total. The average molecular weight is 163 g/mol. The Morgan fingerprint density at radius 2 is 2.30 bits per heavy atom. The van der Waals surface area contributed by atoms with Gasteiger partial charge >= 0.3 is 5.97 Å². The number of esters is 1. The van der Waals surface area contributed by atoms with Crippen LogP contribution in [0.25, 0.3) is 0 Å². The monoisotopic (exact) mass is 162 g/mol. The standard InChI is InChI=1S/C7H11ClO2/c1-4-5(2)10-7(9)6(3)8/h5H,3-4H2,1-2H3/t5-/m0/s1. The number of hydrogen-bond acceptors (Lipinski definition) is 2. The number of halogens is 1. The first-order valence-corrected chi connectivity index (χ1v) is 3.51. The zero-order chi connectivity index (χ0) is 8.15. The molecule has 0 bridgehead atoms. The van der Waals surface area contributed by atoms with Crippen molar-refractivity contribution in [3.05, 3.63) is 11.6 Å². The van der Waals surface area contributed by atoms with Crippen LogP contribution in [0.5, 0.6) is 0 Å². The van der Waals surface area contributed by atoms with Crippen LogP contribution in [0.2, 0.25) is 0 Å². The number of carbonyl (C=O) groups is 1. The molecule has 0 aliphatic heterocycles. The Labute approximate surface area is 65.8 Å². The largest absolute Gasteiger partial charge is 0.458 e. The minimum atomic E-state index is -0.531. The van der Waals surface area contributed by atoms with E-state index in [-0.39, 0.29) is 11.1 Å². The molecule has 0 saturated carbocycles. The fraction of sp³-hybridized carbons (Fsp3) is 0.571. The minimum absolute atomic E-state index is 0.0692. The summed E-state index contributed by atoms with van der Waals surface area (Å²) in [5.74, 6) is -0.531. The second kappa shape index (κ2) is 4.34. The Bertz CT molecular complexity index is 143. The highest BCUT2D eigenvalue weighted by Gasteiger charge is 2.08. The van der Waals surface area contributed by atoms with Crippen molar-refractivity contribution in [1.29, 1.82) is 0 Å². The number of rotatable bonds is 3. The minimum Gasteiger partial charge on any atom is -0.458 e. The van der Waals surface area contributed by atoms with Gasteiger partial charge in [-0.05, 0) is 13.3 Å². The van der Waals surface area contributed by atoms with Crippen LogP contribution < -0.4 is 0 Å². The predicted molar refractivity (Wildman–Crippen MR) is 40.8 cm³/mol. The van der Waals surface area contributed by atoms with Gasteiger partial charge in [-0.3, -0.25) is 0 Å². The van der Waals surface area contributed by atoms with Crippen LogP contribution in [0.15, 0.2) is 11.6 Å². The van der Waals surface area contributed by atoms with Crippen molar-refractivity contribution in [3.63, 3.8) is 0 Å². The molecule has 0 aliphatic carbocycles. The fourth-order valence-electron chi connectivity index (χ4n) is 0.330. The van der Waals surface area contributed by atoms with E-state index in [9.17, 15) is 4.79 Å². The average Bonchev–Trinajstić information content (AvgIpc) is 1.87. The highest BCUT2D eigenvalue weighted by molar-refractivity contribution is 6.40. The molecule has 0 N–H and O–H groups in total. The Hall–Kier alpha value is -0.500. The number of carbonyl (C=O) groups excluding carboxylic acids is 1. The molecule has 1 atom stereocenters. The molecule has 58 valence electrons. The maximum Gasteiger partial charge on any atom is 0.349 e. The van der Waals surface area contributed by atoms with Crippen LogP contribution >= 0.6 is 11.6 Å². The lowest BCUT2D eigenvalue weighted by Crippen LogP contribution is -2.13. The molecule has 0 radical (unpaired) electrons. The SMILES string of the molecule is C=C(Cl)C(=O)O[C@@H](C)CC. The number of ether oxygens (including phenoxy) is 1. The second-order valence-corrected chi connectivity index (χ2v) is 2.49. The third-order valence-electron chi connectivity index (χ3n) is 1.10. The molecule has 0 aliphatic rings. The van der Waals surface area contributed by atoms with Gasteiger partial charge in [-0.1, -0.05) is 25.1 Å². The van der Waals surface area contributed by atoms with Gasteiger partial charge in [0.1, 0.15) is 5.03 Å². The molecule has 0 aromatic carbocycles. The van der Waals surface area contributed by atoms with Crippen LogP contribution in [0.3, 0.4) is 0 Å². The van der Waals surface area contributed by atoms with E-state index >= 15 is 0 Å². The summed E-state index contributed by atoms with van der Waals surface area (Å²) >= 11 is 5.26. The molecule has 0 rings (SSSR count). The molecule has 10 heavy (non-hydrogen) atoms. The van der Waals surface area contributed by atoms with E-state index in [2.05, 4.69) is 6.58 Å². The lowest BCUT2D eigenvalue weighted by Gasteiger charge is -2.08. The molecule has 0 heterocycles. The molecule has 0 spiro atoms. The van der Waals surface area contributed by atoms with E-state index in [1.165, 1.54) is 0 Å². The maximum absolute atomic E-state index is 10.7. The predicted octanol–water partition coefficient (Wildman–Crippen LogP) is 2.08. The summed E-state index contributed by atoms with van der Waals surface area (Å²) in [5.41, 5.74) is 0. The highest BCUT2D eigenvalue weighted by Crippen LogP contribution is 2.04. The summed E-state index contributed by atoms with van der Waals surface area (Å²) in [6.07, 6.45) is 0.707. The Kier molecular flexibility index (Phi) is 4.12. The van der Waals surface area contributed by atoms with Gasteiger partial charge in [0.05, 0.1) is 6.10 Å². The van der Waals surface area contributed by atoms with Crippen LogP contribution in [-0.2, 0) is 9.53 Å². The number of hydrogen-bond donors (Lipinski definition) is 0. The Balaban J connectivity index is 3.68. The van der Waals surface area contributed by atoms with Gasteiger partial charge in [-0.2, -0.15) is 0 Å². The summed E-state index contributed by atoms with van der Waals surface area (Å²) in [4.78, 5) is 10.7. The van der Waals surface area contributed by atoms with Gasteiger partial charge in [0, 0.05) is 0 Å². The second-order valence-electron chi connectivity index (χ2n) is 2.03. The van der Waals surface area contributed by atoms with E-state index in [0.29, 0.717) is 0 Å². The van der Waals surface area contributed by atoms with Gasteiger partial charge in [0.2, 0.25) is 0 Å². The van der Waals surface area contributed by atoms with Crippen molar-refractivity contribution in [2.24, 2.45) is 0 Å². The Morgan fingerprint density at radius 1 is 1.80 bits per heavy atom. The summed E-state index contributed by atoms with van der Waals surface area (Å²) in [5, 5.41) is -0.0692. The van der Waals surface area contributed by atoms with Crippen molar-refractivity contribution >= 4 is 17.6 Å². The van der Waals surface area contributed by atoms with Crippen LogP contribution in [-0.4, -0.2) is 12.1 Å². The zero-order valence-electron chi connectivity index (χ0n) is 6.19. The van der Waals surface area contributed by atoms with E-state index in [0.717, 1.165) is 6.42 Å². The van der Waals surface area contributed by atoms with Crippen LogP contribution in [0.1, 0.15) is 20.3 Å². The van der Waals surface area contributed by atoms with Crippen LogP contribution in [0.4, 0.5) is 0 Å². The summed E-state index contributed by atoms with van der Waals surface area (Å²) in [6.45, 7) is 6.96. The molecule has 3 heteroatoms.